The molecule has 1 aliphatic heterocycles. The van der Waals surface area contributed by atoms with Gasteiger partial charge in [0.05, 0.1) is 30.2 Å². The zero-order valence-electron chi connectivity index (χ0n) is 16.0. The van der Waals surface area contributed by atoms with Gasteiger partial charge in [0.1, 0.15) is 28.5 Å². The molecule has 0 amide bonds. The SMILES string of the molecule is CS(=O)(=O)C1=CN=C(C(N)=CC(=NCc2ccccc2F)c2ccon2)CN=C1N. The van der Waals surface area contributed by atoms with Crippen molar-refractivity contribution < 1.29 is 17.3 Å². The number of hydrogen-bond donors (Lipinski definition) is 2. The molecule has 0 aliphatic carbocycles. The highest BCUT2D eigenvalue weighted by atomic mass is 32.2. The number of nitrogens with two attached hydrogens (primary N) is 2. The van der Waals surface area contributed by atoms with Gasteiger partial charge in [-0.05, 0) is 12.1 Å². The van der Waals surface area contributed by atoms with E-state index in [2.05, 4.69) is 20.1 Å². The monoisotopic (exact) mass is 430 g/mol. The Bertz CT molecular complexity index is 1190. The molecule has 0 radical (unpaired) electrons. The molecule has 156 valence electrons. The summed E-state index contributed by atoms with van der Waals surface area (Å²) in [6, 6.07) is 7.85. The average molecular weight is 430 g/mol. The molecule has 4 N–H and O–H groups in total. The molecule has 0 spiro atoms. The van der Waals surface area contributed by atoms with Gasteiger partial charge in [-0.3, -0.25) is 15.0 Å². The summed E-state index contributed by atoms with van der Waals surface area (Å²) in [5.74, 6) is -0.525. The Morgan fingerprint density at radius 2 is 2.10 bits per heavy atom. The van der Waals surface area contributed by atoms with Crippen LogP contribution in [0.5, 0.6) is 0 Å². The highest BCUT2D eigenvalue weighted by molar-refractivity contribution is 7.95. The molecular weight excluding hydrogens is 411 g/mol. The number of aromatic nitrogens is 1. The number of benzene rings is 1. The Labute approximate surface area is 172 Å². The van der Waals surface area contributed by atoms with Crippen molar-refractivity contribution in [2.24, 2.45) is 26.4 Å². The van der Waals surface area contributed by atoms with E-state index in [1.807, 2.05) is 0 Å². The number of amidine groups is 1. The van der Waals surface area contributed by atoms with Crippen molar-refractivity contribution in [2.75, 3.05) is 12.8 Å². The minimum Gasteiger partial charge on any atom is -0.397 e. The first-order valence-electron chi connectivity index (χ1n) is 8.69. The molecule has 11 heteroatoms. The third kappa shape index (κ3) is 5.06. The summed E-state index contributed by atoms with van der Waals surface area (Å²) in [5, 5.41) is 3.85. The van der Waals surface area contributed by atoms with Gasteiger partial charge in [-0.1, -0.05) is 23.4 Å². The Balaban J connectivity index is 1.95. The van der Waals surface area contributed by atoms with E-state index >= 15 is 0 Å². The average Bonchev–Trinajstić information content (AvgIpc) is 3.14. The fourth-order valence-corrected chi connectivity index (χ4v) is 3.19. The van der Waals surface area contributed by atoms with Gasteiger partial charge in [0.2, 0.25) is 0 Å². The molecule has 0 saturated carbocycles. The molecule has 0 fully saturated rings. The lowest BCUT2D eigenvalue weighted by atomic mass is 10.1. The van der Waals surface area contributed by atoms with Gasteiger partial charge in [-0.2, -0.15) is 0 Å². The first kappa shape index (κ1) is 21.1. The number of hydrogen-bond acceptors (Lipinski definition) is 9. The van der Waals surface area contributed by atoms with Crippen molar-refractivity contribution in [3.63, 3.8) is 0 Å². The first-order valence-corrected chi connectivity index (χ1v) is 10.6. The van der Waals surface area contributed by atoms with Crippen LogP contribution in [0.2, 0.25) is 0 Å². The predicted molar refractivity (Wildman–Crippen MR) is 112 cm³/mol. The second-order valence-corrected chi connectivity index (χ2v) is 8.30. The van der Waals surface area contributed by atoms with E-state index in [1.54, 1.807) is 24.3 Å². The lowest BCUT2D eigenvalue weighted by Gasteiger charge is -2.05. The van der Waals surface area contributed by atoms with Crippen molar-refractivity contribution in [3.8, 4) is 0 Å². The number of halogens is 1. The molecular formula is C19H19FN6O3S. The Kier molecular flexibility index (Phi) is 6.21. The van der Waals surface area contributed by atoms with Crippen LogP contribution in [0.3, 0.4) is 0 Å². The van der Waals surface area contributed by atoms with E-state index in [4.69, 9.17) is 16.0 Å². The normalized spacial score (nSPS) is 15.9. The van der Waals surface area contributed by atoms with Crippen molar-refractivity contribution in [2.45, 2.75) is 6.54 Å². The van der Waals surface area contributed by atoms with E-state index in [9.17, 15) is 12.8 Å². The summed E-state index contributed by atoms with van der Waals surface area (Å²) in [5.41, 5.74) is 13.5. The van der Waals surface area contributed by atoms with Gasteiger partial charge in [-0.15, -0.1) is 0 Å². The van der Waals surface area contributed by atoms with Crippen LogP contribution in [-0.2, 0) is 16.4 Å². The predicted octanol–water partition coefficient (Wildman–Crippen LogP) is 1.34. The lowest BCUT2D eigenvalue weighted by molar-refractivity contribution is 0.418. The molecule has 2 aromatic rings. The van der Waals surface area contributed by atoms with Crippen LogP contribution >= 0.6 is 0 Å². The van der Waals surface area contributed by atoms with Gasteiger partial charge in [0.25, 0.3) is 0 Å². The summed E-state index contributed by atoms with van der Waals surface area (Å²) in [6.45, 7) is 0.0252. The zero-order chi connectivity index (χ0) is 21.7. The molecule has 0 bridgehead atoms. The maximum Gasteiger partial charge on any atom is 0.180 e. The van der Waals surface area contributed by atoms with E-state index < -0.39 is 9.84 Å². The number of aliphatic imine (C=N–C) groups is 3. The van der Waals surface area contributed by atoms with E-state index in [1.165, 1.54) is 18.4 Å². The smallest absolute Gasteiger partial charge is 0.180 e. The van der Waals surface area contributed by atoms with Gasteiger partial charge >= 0.3 is 0 Å². The lowest BCUT2D eigenvalue weighted by Crippen LogP contribution is -2.21. The van der Waals surface area contributed by atoms with Crippen LogP contribution in [0.15, 0.2) is 79.0 Å². The van der Waals surface area contributed by atoms with Crippen LogP contribution in [-0.4, -0.2) is 43.6 Å². The highest BCUT2D eigenvalue weighted by Crippen LogP contribution is 2.12. The molecule has 2 heterocycles. The first-order chi connectivity index (χ1) is 14.3. The standard InChI is InChI=1S/C19H19FN6O3S/c1-30(27,28)18-11-24-17(10-25-19(18)22)14(21)8-16(15-6-7-29-26-15)23-9-12-4-2-3-5-13(12)20/h2-8,11H,9-10,21H2,1H3,(H2,22,25). The van der Waals surface area contributed by atoms with E-state index in [0.29, 0.717) is 22.7 Å². The summed E-state index contributed by atoms with van der Waals surface area (Å²) in [4.78, 5) is 12.3. The van der Waals surface area contributed by atoms with Crippen molar-refractivity contribution in [1.82, 2.24) is 5.16 Å². The fraction of sp³-hybridized carbons (Fsp3) is 0.158. The van der Waals surface area contributed by atoms with Crippen LogP contribution < -0.4 is 11.5 Å². The van der Waals surface area contributed by atoms with Crippen LogP contribution in [0.1, 0.15) is 11.3 Å². The van der Waals surface area contributed by atoms with Crippen LogP contribution in [0, 0.1) is 5.82 Å². The summed E-state index contributed by atoms with van der Waals surface area (Å²) in [7, 11) is -3.59. The summed E-state index contributed by atoms with van der Waals surface area (Å²) in [6.07, 6.45) is 4.98. The maximum atomic E-state index is 13.9. The number of rotatable bonds is 6. The molecule has 0 unspecified atom stereocenters. The van der Waals surface area contributed by atoms with E-state index in [0.717, 1.165) is 12.5 Å². The topological polar surface area (TPSA) is 149 Å². The second kappa shape index (κ2) is 8.82. The minimum absolute atomic E-state index is 0.0247. The van der Waals surface area contributed by atoms with Gasteiger partial charge in [0.15, 0.2) is 9.84 Å². The minimum atomic E-state index is -3.59. The Morgan fingerprint density at radius 1 is 1.33 bits per heavy atom. The number of nitrogens with zero attached hydrogens (tertiary/aromatic N) is 4. The van der Waals surface area contributed by atoms with Crippen molar-refractivity contribution >= 4 is 27.1 Å². The molecule has 9 nitrogen and oxygen atoms in total. The molecule has 1 aliphatic rings. The quantitative estimate of drug-likeness (QED) is 0.661. The Morgan fingerprint density at radius 3 is 2.77 bits per heavy atom. The molecule has 3 rings (SSSR count). The van der Waals surface area contributed by atoms with Crippen LogP contribution in [0.25, 0.3) is 0 Å². The van der Waals surface area contributed by atoms with Crippen LogP contribution in [0.4, 0.5) is 4.39 Å². The van der Waals surface area contributed by atoms with Crippen molar-refractivity contribution in [3.05, 3.63) is 76.5 Å². The Hall–Kier alpha value is -3.60. The molecule has 0 saturated heterocycles. The zero-order valence-corrected chi connectivity index (χ0v) is 16.8. The number of sulfone groups is 1. The maximum absolute atomic E-state index is 13.9. The van der Waals surface area contributed by atoms with E-state index in [-0.39, 0.29) is 35.3 Å². The highest BCUT2D eigenvalue weighted by Gasteiger charge is 2.19. The third-order valence-corrected chi connectivity index (χ3v) is 5.21. The van der Waals surface area contributed by atoms with Crippen molar-refractivity contribution in [1.29, 1.82) is 0 Å². The van der Waals surface area contributed by atoms with Gasteiger partial charge < -0.3 is 16.0 Å². The summed E-state index contributed by atoms with van der Waals surface area (Å²) < 4.78 is 42.4. The third-order valence-electron chi connectivity index (χ3n) is 4.09. The van der Waals surface area contributed by atoms with Gasteiger partial charge in [-0.25, -0.2) is 12.8 Å². The molecule has 30 heavy (non-hydrogen) atoms. The molecule has 1 aromatic heterocycles. The molecule has 0 atom stereocenters. The fourth-order valence-electron chi connectivity index (χ4n) is 2.51. The molecule has 1 aromatic carbocycles. The summed E-state index contributed by atoms with van der Waals surface area (Å²) >= 11 is 0. The second-order valence-electron chi connectivity index (χ2n) is 6.32. The number of allylic oxidation sites excluding steroid dienone is 1. The van der Waals surface area contributed by atoms with Gasteiger partial charge in [0, 0.05) is 24.1 Å². The largest absolute Gasteiger partial charge is 0.397 e.